The fourth-order valence-electron chi connectivity index (χ4n) is 2.57. The standard InChI is InChI=1S/C16H25NO2/c1-12(2)19-14-9-7-13(8-10-14)16(18)15-6-4-3-5-11-17-15/h7-10,12,15-18H,3-6,11H2,1-2H3. The summed E-state index contributed by atoms with van der Waals surface area (Å²) >= 11 is 0. The zero-order valence-corrected chi connectivity index (χ0v) is 11.9. The molecule has 0 bridgehead atoms. The second kappa shape index (κ2) is 6.92. The van der Waals surface area contributed by atoms with Crippen molar-refractivity contribution in [2.45, 2.75) is 57.8 Å². The zero-order valence-electron chi connectivity index (χ0n) is 11.9. The van der Waals surface area contributed by atoms with Crippen LogP contribution in [0.1, 0.15) is 51.2 Å². The van der Waals surface area contributed by atoms with Crippen molar-refractivity contribution in [1.82, 2.24) is 5.32 Å². The fraction of sp³-hybridized carbons (Fsp3) is 0.625. The van der Waals surface area contributed by atoms with Crippen LogP contribution < -0.4 is 10.1 Å². The molecule has 0 amide bonds. The first-order valence-electron chi connectivity index (χ1n) is 7.35. The summed E-state index contributed by atoms with van der Waals surface area (Å²) in [5, 5.41) is 13.9. The molecule has 0 radical (unpaired) electrons. The molecule has 2 N–H and O–H groups in total. The second-order valence-corrected chi connectivity index (χ2v) is 5.59. The Morgan fingerprint density at radius 1 is 1.16 bits per heavy atom. The predicted octanol–water partition coefficient (Wildman–Crippen LogP) is 3.04. The highest BCUT2D eigenvalue weighted by molar-refractivity contribution is 5.29. The second-order valence-electron chi connectivity index (χ2n) is 5.59. The van der Waals surface area contributed by atoms with Crippen LogP contribution >= 0.6 is 0 Å². The molecule has 0 spiro atoms. The van der Waals surface area contributed by atoms with Crippen molar-refractivity contribution in [2.75, 3.05) is 6.54 Å². The van der Waals surface area contributed by atoms with E-state index in [2.05, 4.69) is 5.32 Å². The molecule has 19 heavy (non-hydrogen) atoms. The van der Waals surface area contributed by atoms with Crippen molar-refractivity contribution in [2.24, 2.45) is 0 Å². The van der Waals surface area contributed by atoms with Crippen LogP contribution in [-0.2, 0) is 0 Å². The smallest absolute Gasteiger partial charge is 0.119 e. The van der Waals surface area contributed by atoms with Gasteiger partial charge in [-0.3, -0.25) is 0 Å². The Labute approximate surface area is 116 Å². The molecule has 106 valence electrons. The lowest BCUT2D eigenvalue weighted by Crippen LogP contribution is -2.34. The van der Waals surface area contributed by atoms with Gasteiger partial charge in [-0.15, -0.1) is 0 Å². The summed E-state index contributed by atoms with van der Waals surface area (Å²) in [6, 6.07) is 7.99. The van der Waals surface area contributed by atoms with Crippen molar-refractivity contribution in [3.63, 3.8) is 0 Å². The molecule has 1 aliphatic heterocycles. The Hall–Kier alpha value is -1.06. The van der Waals surface area contributed by atoms with E-state index >= 15 is 0 Å². The lowest BCUT2D eigenvalue weighted by Gasteiger charge is -2.23. The molecule has 2 rings (SSSR count). The van der Waals surface area contributed by atoms with E-state index in [1.807, 2.05) is 38.1 Å². The first kappa shape index (κ1) is 14.4. The maximum absolute atomic E-state index is 10.4. The van der Waals surface area contributed by atoms with Gasteiger partial charge in [-0.05, 0) is 50.9 Å². The lowest BCUT2D eigenvalue weighted by molar-refractivity contribution is 0.126. The molecular weight excluding hydrogens is 238 g/mol. The van der Waals surface area contributed by atoms with E-state index in [0.717, 1.165) is 24.3 Å². The van der Waals surface area contributed by atoms with Gasteiger partial charge in [-0.1, -0.05) is 25.0 Å². The van der Waals surface area contributed by atoms with Crippen LogP contribution in [0.2, 0.25) is 0 Å². The van der Waals surface area contributed by atoms with E-state index in [1.54, 1.807) is 0 Å². The molecular formula is C16H25NO2. The van der Waals surface area contributed by atoms with Gasteiger partial charge in [0.1, 0.15) is 5.75 Å². The first-order valence-corrected chi connectivity index (χ1v) is 7.35. The van der Waals surface area contributed by atoms with Crippen molar-refractivity contribution in [3.05, 3.63) is 29.8 Å². The molecule has 1 saturated heterocycles. The molecule has 1 aromatic carbocycles. The van der Waals surface area contributed by atoms with Gasteiger partial charge in [0.05, 0.1) is 12.2 Å². The van der Waals surface area contributed by atoms with Crippen molar-refractivity contribution < 1.29 is 9.84 Å². The van der Waals surface area contributed by atoms with Crippen LogP contribution in [0.5, 0.6) is 5.75 Å². The Morgan fingerprint density at radius 3 is 2.58 bits per heavy atom. The van der Waals surface area contributed by atoms with Gasteiger partial charge in [-0.25, -0.2) is 0 Å². The van der Waals surface area contributed by atoms with Crippen LogP contribution in [0.15, 0.2) is 24.3 Å². The van der Waals surface area contributed by atoms with E-state index in [-0.39, 0.29) is 12.1 Å². The molecule has 0 aliphatic carbocycles. The number of benzene rings is 1. The van der Waals surface area contributed by atoms with Crippen molar-refractivity contribution >= 4 is 0 Å². The third-order valence-corrected chi connectivity index (χ3v) is 3.57. The predicted molar refractivity (Wildman–Crippen MR) is 77.4 cm³/mol. The first-order chi connectivity index (χ1) is 9.16. The minimum absolute atomic E-state index is 0.180. The van der Waals surface area contributed by atoms with Gasteiger partial charge >= 0.3 is 0 Å². The molecule has 0 saturated carbocycles. The molecule has 2 unspecified atom stereocenters. The van der Waals surface area contributed by atoms with Crippen LogP contribution in [0.25, 0.3) is 0 Å². The summed E-state index contributed by atoms with van der Waals surface area (Å²) in [5.41, 5.74) is 0.968. The maximum Gasteiger partial charge on any atom is 0.119 e. The van der Waals surface area contributed by atoms with Crippen molar-refractivity contribution in [3.8, 4) is 5.75 Å². The lowest BCUT2D eigenvalue weighted by atomic mass is 9.98. The molecule has 3 nitrogen and oxygen atoms in total. The maximum atomic E-state index is 10.4. The molecule has 2 atom stereocenters. The zero-order chi connectivity index (χ0) is 13.7. The highest BCUT2D eigenvalue weighted by Gasteiger charge is 2.21. The molecule has 0 aromatic heterocycles. The van der Waals surface area contributed by atoms with Gasteiger partial charge in [0.2, 0.25) is 0 Å². The number of aliphatic hydroxyl groups is 1. The third-order valence-electron chi connectivity index (χ3n) is 3.57. The highest BCUT2D eigenvalue weighted by atomic mass is 16.5. The monoisotopic (exact) mass is 263 g/mol. The molecule has 1 aliphatic rings. The summed E-state index contributed by atoms with van der Waals surface area (Å²) in [4.78, 5) is 0. The van der Waals surface area contributed by atoms with Gasteiger partial charge in [0, 0.05) is 6.04 Å². The number of hydrogen-bond acceptors (Lipinski definition) is 3. The normalized spacial score (nSPS) is 22.0. The van der Waals surface area contributed by atoms with Crippen LogP contribution in [0, 0.1) is 0 Å². The van der Waals surface area contributed by atoms with E-state index in [0.29, 0.717) is 0 Å². The number of hydrogen-bond donors (Lipinski definition) is 2. The minimum Gasteiger partial charge on any atom is -0.491 e. The Bertz CT molecular complexity index is 367. The van der Waals surface area contributed by atoms with E-state index in [9.17, 15) is 5.11 Å². The van der Waals surface area contributed by atoms with Crippen LogP contribution in [0.3, 0.4) is 0 Å². The fourth-order valence-corrected chi connectivity index (χ4v) is 2.57. The average molecular weight is 263 g/mol. The number of nitrogens with one attached hydrogen (secondary N) is 1. The third kappa shape index (κ3) is 4.22. The Morgan fingerprint density at radius 2 is 1.89 bits per heavy atom. The van der Waals surface area contributed by atoms with Gasteiger partial charge < -0.3 is 15.2 Å². The van der Waals surface area contributed by atoms with E-state index < -0.39 is 6.10 Å². The van der Waals surface area contributed by atoms with Gasteiger partial charge in [0.25, 0.3) is 0 Å². The molecule has 1 heterocycles. The summed E-state index contributed by atoms with van der Waals surface area (Å²) in [6.07, 6.45) is 4.47. The van der Waals surface area contributed by atoms with Crippen molar-refractivity contribution in [1.29, 1.82) is 0 Å². The van der Waals surface area contributed by atoms with E-state index in [1.165, 1.54) is 19.3 Å². The van der Waals surface area contributed by atoms with Gasteiger partial charge in [-0.2, -0.15) is 0 Å². The SMILES string of the molecule is CC(C)Oc1ccc(C(O)C2CCCCCN2)cc1. The summed E-state index contributed by atoms with van der Waals surface area (Å²) in [5.74, 6) is 0.861. The quantitative estimate of drug-likeness (QED) is 0.877. The molecule has 1 aromatic rings. The topological polar surface area (TPSA) is 41.5 Å². The molecule has 1 fully saturated rings. The Kier molecular flexibility index (Phi) is 5.23. The summed E-state index contributed by atoms with van der Waals surface area (Å²) in [7, 11) is 0. The largest absolute Gasteiger partial charge is 0.491 e. The minimum atomic E-state index is -0.425. The highest BCUT2D eigenvalue weighted by Crippen LogP contribution is 2.24. The summed E-state index contributed by atoms with van der Waals surface area (Å²) < 4.78 is 5.62. The summed E-state index contributed by atoms with van der Waals surface area (Å²) in [6.45, 7) is 5.03. The number of aliphatic hydroxyl groups excluding tert-OH is 1. The number of rotatable bonds is 4. The molecule has 3 heteroatoms. The van der Waals surface area contributed by atoms with E-state index in [4.69, 9.17) is 4.74 Å². The Balaban J connectivity index is 1.99. The van der Waals surface area contributed by atoms with Crippen LogP contribution in [-0.4, -0.2) is 23.8 Å². The number of ether oxygens (including phenoxy) is 1. The average Bonchev–Trinajstić information content (AvgIpc) is 2.67. The van der Waals surface area contributed by atoms with Gasteiger partial charge in [0.15, 0.2) is 0 Å². The van der Waals surface area contributed by atoms with Crippen LogP contribution in [0.4, 0.5) is 0 Å².